The molecule has 0 saturated carbocycles. The van der Waals surface area contributed by atoms with Gasteiger partial charge in [-0.25, -0.2) is 4.98 Å². The molecule has 20 heavy (non-hydrogen) atoms. The predicted octanol–water partition coefficient (Wildman–Crippen LogP) is 4.88. The first kappa shape index (κ1) is 10.0. The second-order valence-electron chi connectivity index (χ2n) is 4.90. The van der Waals surface area contributed by atoms with Gasteiger partial charge in [0.2, 0.25) is 0 Å². The van der Waals surface area contributed by atoms with E-state index in [0.29, 0.717) is 0 Å². The minimum atomic E-state index is 0.785. The van der Waals surface area contributed by atoms with Crippen molar-refractivity contribution in [3.05, 3.63) is 55.0 Å². The highest BCUT2D eigenvalue weighted by atomic mass is 16.3. The summed E-state index contributed by atoms with van der Waals surface area (Å²) in [4.78, 5) is 4.77. The molecule has 0 aliphatic rings. The van der Waals surface area contributed by atoms with Gasteiger partial charge in [0, 0.05) is 16.2 Å². The Bertz CT molecular complexity index is 1010. The molecule has 5 aromatic rings. The molecule has 0 unspecified atom stereocenters. The van der Waals surface area contributed by atoms with Crippen molar-refractivity contribution in [2.24, 2.45) is 0 Å². The van der Waals surface area contributed by atoms with Gasteiger partial charge in [0.05, 0.1) is 23.4 Å². The third-order valence-electron chi connectivity index (χ3n) is 3.80. The van der Waals surface area contributed by atoms with Gasteiger partial charge < -0.3 is 8.83 Å². The number of rotatable bonds is 0. The van der Waals surface area contributed by atoms with Crippen molar-refractivity contribution in [1.82, 2.24) is 4.98 Å². The van der Waals surface area contributed by atoms with Crippen LogP contribution in [0.5, 0.6) is 0 Å². The summed E-state index contributed by atoms with van der Waals surface area (Å²) in [5, 5.41) is 4.23. The highest BCUT2D eigenvalue weighted by Gasteiger charge is 2.14. The van der Waals surface area contributed by atoms with E-state index < -0.39 is 0 Å². The number of benzene rings is 2. The van der Waals surface area contributed by atoms with Crippen LogP contribution in [0.1, 0.15) is 0 Å². The lowest BCUT2D eigenvalue weighted by Crippen LogP contribution is -1.84. The van der Waals surface area contributed by atoms with Crippen LogP contribution in [0, 0.1) is 0 Å². The van der Waals surface area contributed by atoms with Crippen molar-refractivity contribution in [1.29, 1.82) is 0 Å². The number of hydrogen-bond acceptors (Lipinski definition) is 3. The molecule has 5 rings (SSSR count). The van der Waals surface area contributed by atoms with Crippen molar-refractivity contribution < 1.29 is 8.83 Å². The fraction of sp³-hybridized carbons (Fsp3) is 0. The Kier molecular flexibility index (Phi) is 1.70. The maximum atomic E-state index is 5.64. The first-order valence-electron chi connectivity index (χ1n) is 6.48. The zero-order valence-electron chi connectivity index (χ0n) is 10.5. The Balaban J connectivity index is 2.19. The minimum absolute atomic E-state index is 0.785. The second kappa shape index (κ2) is 3.39. The molecule has 3 heteroatoms. The van der Waals surface area contributed by atoms with Crippen LogP contribution in [-0.2, 0) is 0 Å². The minimum Gasteiger partial charge on any atom is -0.464 e. The predicted molar refractivity (Wildman–Crippen MR) is 78.8 cm³/mol. The summed E-state index contributed by atoms with van der Waals surface area (Å²) >= 11 is 0. The Hall–Kier alpha value is -2.81. The van der Waals surface area contributed by atoms with Gasteiger partial charge in [-0.1, -0.05) is 18.2 Å². The monoisotopic (exact) mass is 259 g/mol. The number of furan rings is 2. The zero-order valence-corrected chi connectivity index (χ0v) is 10.5. The Labute approximate surface area is 113 Å². The standard InChI is InChI=1S/C17H9NO2/c1-2-4-14-10(3-1)9-13-11-5-7-19-16(11)12-6-8-20-17(12)15(13)18-14/h1-9H. The van der Waals surface area contributed by atoms with E-state index in [-0.39, 0.29) is 0 Å². The van der Waals surface area contributed by atoms with E-state index in [2.05, 4.69) is 12.1 Å². The molecule has 0 spiro atoms. The Morgan fingerprint density at radius 1 is 0.750 bits per heavy atom. The van der Waals surface area contributed by atoms with Crippen molar-refractivity contribution in [3.63, 3.8) is 0 Å². The number of nitrogens with zero attached hydrogens (tertiary/aromatic N) is 1. The van der Waals surface area contributed by atoms with Crippen LogP contribution in [0.25, 0.3) is 43.7 Å². The number of pyridine rings is 1. The molecule has 2 aromatic carbocycles. The number of aromatic nitrogens is 1. The molecule has 0 amide bonds. The van der Waals surface area contributed by atoms with Gasteiger partial charge in [0.25, 0.3) is 0 Å². The molecule has 0 aliphatic heterocycles. The molecule has 3 heterocycles. The highest BCUT2D eigenvalue weighted by Crippen LogP contribution is 2.36. The summed E-state index contributed by atoms with van der Waals surface area (Å²) in [5.74, 6) is 0. The Morgan fingerprint density at radius 3 is 2.50 bits per heavy atom. The molecule has 0 radical (unpaired) electrons. The van der Waals surface area contributed by atoms with E-state index in [1.54, 1.807) is 12.5 Å². The molecule has 0 saturated heterocycles. The second-order valence-corrected chi connectivity index (χ2v) is 4.90. The van der Waals surface area contributed by atoms with Crippen molar-refractivity contribution >= 4 is 43.7 Å². The van der Waals surface area contributed by atoms with Gasteiger partial charge in [0.15, 0.2) is 5.58 Å². The van der Waals surface area contributed by atoms with E-state index in [0.717, 1.165) is 43.7 Å². The third-order valence-corrected chi connectivity index (χ3v) is 3.80. The summed E-state index contributed by atoms with van der Waals surface area (Å²) in [5.41, 5.74) is 3.50. The van der Waals surface area contributed by atoms with Gasteiger partial charge >= 0.3 is 0 Å². The first-order valence-corrected chi connectivity index (χ1v) is 6.48. The summed E-state index contributed by atoms with van der Waals surface area (Å²) in [6.45, 7) is 0. The fourth-order valence-corrected chi connectivity index (χ4v) is 2.90. The van der Waals surface area contributed by atoms with Crippen molar-refractivity contribution in [3.8, 4) is 0 Å². The summed E-state index contributed by atoms with van der Waals surface area (Å²) in [7, 11) is 0. The van der Waals surface area contributed by atoms with E-state index in [9.17, 15) is 0 Å². The lowest BCUT2D eigenvalue weighted by atomic mass is 10.1. The smallest absolute Gasteiger partial charge is 0.163 e. The molecule has 0 N–H and O–H groups in total. The number of hydrogen-bond donors (Lipinski definition) is 0. The number of fused-ring (bicyclic) bond motifs is 7. The third kappa shape index (κ3) is 1.12. The molecule has 0 atom stereocenters. The topological polar surface area (TPSA) is 39.2 Å². The van der Waals surface area contributed by atoms with Crippen LogP contribution in [0.4, 0.5) is 0 Å². The molecule has 0 fully saturated rings. The van der Waals surface area contributed by atoms with Crippen LogP contribution >= 0.6 is 0 Å². The summed E-state index contributed by atoms with van der Waals surface area (Å²) in [6, 6.07) is 14.2. The van der Waals surface area contributed by atoms with Crippen molar-refractivity contribution in [2.45, 2.75) is 0 Å². The van der Waals surface area contributed by atoms with Gasteiger partial charge in [-0.05, 0) is 24.3 Å². The van der Waals surface area contributed by atoms with E-state index in [1.165, 1.54) is 0 Å². The normalized spacial score (nSPS) is 12.0. The van der Waals surface area contributed by atoms with Crippen LogP contribution in [0.3, 0.4) is 0 Å². The quantitative estimate of drug-likeness (QED) is 0.372. The molecule has 0 bridgehead atoms. The summed E-state index contributed by atoms with van der Waals surface area (Å²) < 4.78 is 11.3. The Morgan fingerprint density at radius 2 is 1.55 bits per heavy atom. The van der Waals surface area contributed by atoms with Crippen LogP contribution in [-0.4, -0.2) is 4.98 Å². The zero-order chi connectivity index (χ0) is 13.1. The molecule has 3 aromatic heterocycles. The lowest BCUT2D eigenvalue weighted by molar-refractivity contribution is 0.613. The number of para-hydroxylation sites is 1. The SMILES string of the molecule is c1ccc2nc3c(cc2c1)c1ccoc1c1ccoc13. The molecule has 3 nitrogen and oxygen atoms in total. The average molecular weight is 259 g/mol. The van der Waals surface area contributed by atoms with Gasteiger partial charge in [0.1, 0.15) is 11.1 Å². The fourth-order valence-electron chi connectivity index (χ4n) is 2.90. The summed E-state index contributed by atoms with van der Waals surface area (Å²) in [6.07, 6.45) is 3.40. The molecular weight excluding hydrogens is 250 g/mol. The maximum absolute atomic E-state index is 5.64. The van der Waals surface area contributed by atoms with Gasteiger partial charge in [-0.2, -0.15) is 0 Å². The largest absolute Gasteiger partial charge is 0.464 e. The van der Waals surface area contributed by atoms with Gasteiger partial charge in [-0.3, -0.25) is 0 Å². The lowest BCUT2D eigenvalue weighted by Gasteiger charge is -2.03. The molecule has 94 valence electrons. The van der Waals surface area contributed by atoms with Crippen LogP contribution in [0.15, 0.2) is 63.8 Å². The van der Waals surface area contributed by atoms with E-state index >= 15 is 0 Å². The van der Waals surface area contributed by atoms with E-state index in [4.69, 9.17) is 13.8 Å². The van der Waals surface area contributed by atoms with Crippen molar-refractivity contribution in [2.75, 3.05) is 0 Å². The molecule has 0 aliphatic carbocycles. The average Bonchev–Trinajstić information content (AvgIpc) is 3.14. The first-order chi connectivity index (χ1) is 9.92. The maximum Gasteiger partial charge on any atom is 0.163 e. The van der Waals surface area contributed by atoms with Gasteiger partial charge in [-0.15, -0.1) is 0 Å². The molecular formula is C17H9NO2. The van der Waals surface area contributed by atoms with Crippen LogP contribution in [0.2, 0.25) is 0 Å². The van der Waals surface area contributed by atoms with Crippen LogP contribution < -0.4 is 0 Å². The highest BCUT2D eigenvalue weighted by molar-refractivity contribution is 6.22. The van der Waals surface area contributed by atoms with E-state index in [1.807, 2.05) is 30.3 Å².